The molecule has 2 N–H and O–H groups in total. The summed E-state index contributed by atoms with van der Waals surface area (Å²) in [6.07, 6.45) is 0.0978. The minimum Gasteiger partial charge on any atom is -0.455 e. The van der Waals surface area contributed by atoms with Gasteiger partial charge in [-0.3, -0.25) is 10.1 Å². The minimum absolute atomic E-state index is 0.0978. The molecule has 2 aromatic carbocycles. The van der Waals surface area contributed by atoms with Gasteiger partial charge in [-0.1, -0.05) is 30.3 Å². The number of piperazine rings is 1. The van der Waals surface area contributed by atoms with Gasteiger partial charge in [-0.05, 0) is 31.3 Å². The smallest absolute Gasteiger partial charge is 0.323 e. The fourth-order valence-corrected chi connectivity index (χ4v) is 3.96. The molecule has 3 amide bonds. The summed E-state index contributed by atoms with van der Waals surface area (Å²) in [7, 11) is 2.04. The molecular formula is C23H25N5O3S. The Morgan fingerprint density at radius 2 is 1.72 bits per heavy atom. The number of hydrogen-bond acceptors (Lipinski definition) is 6. The predicted octanol–water partition coefficient (Wildman–Crippen LogP) is 3.90. The number of anilines is 2. The van der Waals surface area contributed by atoms with Gasteiger partial charge in [0.05, 0.1) is 17.8 Å². The van der Waals surface area contributed by atoms with Crippen molar-refractivity contribution in [3.63, 3.8) is 0 Å². The molecule has 32 heavy (non-hydrogen) atoms. The fraction of sp³-hybridized carbons (Fsp3) is 0.261. The maximum atomic E-state index is 12.6. The number of hydrogen-bond donors (Lipinski definition) is 2. The van der Waals surface area contributed by atoms with Crippen LogP contribution < -0.4 is 15.4 Å². The Bertz CT molecular complexity index is 1060. The van der Waals surface area contributed by atoms with Crippen molar-refractivity contribution in [3.05, 3.63) is 65.7 Å². The number of benzene rings is 2. The number of ether oxygens (including phenoxy) is 1. The average molecular weight is 452 g/mol. The van der Waals surface area contributed by atoms with E-state index >= 15 is 0 Å². The van der Waals surface area contributed by atoms with Crippen LogP contribution in [0.4, 0.5) is 15.6 Å². The first kappa shape index (κ1) is 21.8. The van der Waals surface area contributed by atoms with E-state index in [2.05, 4.69) is 20.5 Å². The topological polar surface area (TPSA) is 86.8 Å². The van der Waals surface area contributed by atoms with Gasteiger partial charge >= 0.3 is 6.03 Å². The summed E-state index contributed by atoms with van der Waals surface area (Å²) in [5.74, 6) is 1.04. The van der Waals surface area contributed by atoms with E-state index < -0.39 is 0 Å². The van der Waals surface area contributed by atoms with E-state index in [4.69, 9.17) is 4.74 Å². The first-order valence-electron chi connectivity index (χ1n) is 10.4. The van der Waals surface area contributed by atoms with Gasteiger partial charge in [-0.25, -0.2) is 9.78 Å². The van der Waals surface area contributed by atoms with Crippen molar-refractivity contribution in [2.45, 2.75) is 6.42 Å². The molecule has 3 aromatic rings. The van der Waals surface area contributed by atoms with E-state index in [0.29, 0.717) is 41.1 Å². The Morgan fingerprint density at radius 3 is 2.50 bits per heavy atom. The van der Waals surface area contributed by atoms with Gasteiger partial charge < -0.3 is 19.9 Å². The van der Waals surface area contributed by atoms with Crippen molar-refractivity contribution in [2.24, 2.45) is 0 Å². The summed E-state index contributed by atoms with van der Waals surface area (Å²) < 4.78 is 5.89. The van der Waals surface area contributed by atoms with E-state index in [-0.39, 0.29) is 18.4 Å². The van der Waals surface area contributed by atoms with Gasteiger partial charge in [0.25, 0.3) is 0 Å². The predicted molar refractivity (Wildman–Crippen MR) is 125 cm³/mol. The molecule has 1 aromatic heterocycles. The molecule has 0 bridgehead atoms. The fourth-order valence-electron chi connectivity index (χ4n) is 3.26. The van der Waals surface area contributed by atoms with Crippen LogP contribution in [0.15, 0.2) is 60.0 Å². The second kappa shape index (κ2) is 10.3. The van der Waals surface area contributed by atoms with Crippen LogP contribution >= 0.6 is 11.3 Å². The minimum atomic E-state index is -0.212. The molecule has 0 aliphatic carbocycles. The number of thiazole rings is 1. The molecule has 0 unspecified atom stereocenters. The van der Waals surface area contributed by atoms with E-state index in [1.54, 1.807) is 22.4 Å². The number of urea groups is 1. The third-order valence-corrected chi connectivity index (χ3v) is 5.84. The zero-order valence-electron chi connectivity index (χ0n) is 17.8. The molecule has 1 fully saturated rings. The molecule has 0 radical (unpaired) electrons. The summed E-state index contributed by atoms with van der Waals surface area (Å²) >= 11 is 1.31. The van der Waals surface area contributed by atoms with Gasteiger partial charge in [-0.2, -0.15) is 0 Å². The van der Waals surface area contributed by atoms with Crippen molar-refractivity contribution in [1.29, 1.82) is 0 Å². The van der Waals surface area contributed by atoms with E-state index in [1.807, 2.05) is 49.5 Å². The number of carbonyl (C=O) groups is 2. The molecule has 0 atom stereocenters. The van der Waals surface area contributed by atoms with Crippen LogP contribution in [-0.2, 0) is 11.2 Å². The average Bonchev–Trinajstić information content (AvgIpc) is 3.22. The van der Waals surface area contributed by atoms with Gasteiger partial charge in [-0.15, -0.1) is 11.3 Å². The maximum Gasteiger partial charge on any atom is 0.323 e. The molecule has 8 nitrogen and oxygen atoms in total. The standard InChI is InChI=1S/C23H25N5O3S/c1-27-11-13-28(14-12-27)23(30)26-22-24-17(16-32-22)15-21(29)25-19-9-5-6-10-20(19)31-18-7-3-2-4-8-18/h2-10,16H,11-15H2,1H3,(H,25,29)(H,24,26,30). The van der Waals surface area contributed by atoms with Crippen LogP contribution in [0.2, 0.25) is 0 Å². The van der Waals surface area contributed by atoms with E-state index in [0.717, 1.165) is 13.1 Å². The lowest BCUT2D eigenvalue weighted by Crippen LogP contribution is -2.48. The van der Waals surface area contributed by atoms with E-state index in [1.165, 1.54) is 11.3 Å². The molecule has 166 valence electrons. The zero-order valence-corrected chi connectivity index (χ0v) is 18.6. The molecule has 1 aliphatic heterocycles. The van der Waals surface area contributed by atoms with Gasteiger partial charge in [0.15, 0.2) is 10.9 Å². The first-order valence-corrected chi connectivity index (χ1v) is 11.3. The molecule has 1 aliphatic rings. The number of amides is 3. The Labute approximate surface area is 190 Å². The van der Waals surface area contributed by atoms with Gasteiger partial charge in [0.1, 0.15) is 5.75 Å². The number of para-hydroxylation sites is 3. The Morgan fingerprint density at radius 1 is 1.00 bits per heavy atom. The molecule has 1 saturated heterocycles. The molecule has 4 rings (SSSR count). The molecule has 2 heterocycles. The van der Waals surface area contributed by atoms with Crippen LogP contribution in [0, 0.1) is 0 Å². The number of aromatic nitrogens is 1. The first-order chi connectivity index (χ1) is 15.6. The number of nitrogens with zero attached hydrogens (tertiary/aromatic N) is 3. The summed E-state index contributed by atoms with van der Waals surface area (Å²) in [5, 5.41) is 7.99. The molecule has 9 heteroatoms. The molecule has 0 saturated carbocycles. The zero-order chi connectivity index (χ0) is 22.3. The maximum absolute atomic E-state index is 12.6. The third kappa shape index (κ3) is 5.83. The van der Waals surface area contributed by atoms with Crippen LogP contribution in [0.25, 0.3) is 0 Å². The third-order valence-electron chi connectivity index (χ3n) is 5.03. The summed E-state index contributed by atoms with van der Waals surface area (Å²) in [6, 6.07) is 16.5. The van der Waals surface area contributed by atoms with Crippen molar-refractivity contribution in [2.75, 3.05) is 43.9 Å². The van der Waals surface area contributed by atoms with Gasteiger partial charge in [0, 0.05) is 31.6 Å². The monoisotopic (exact) mass is 451 g/mol. The number of rotatable bonds is 6. The quantitative estimate of drug-likeness (QED) is 0.594. The Hall–Kier alpha value is -3.43. The highest BCUT2D eigenvalue weighted by Gasteiger charge is 2.20. The van der Waals surface area contributed by atoms with Crippen molar-refractivity contribution >= 4 is 34.1 Å². The van der Waals surface area contributed by atoms with Gasteiger partial charge in [0.2, 0.25) is 5.91 Å². The largest absolute Gasteiger partial charge is 0.455 e. The highest BCUT2D eigenvalue weighted by molar-refractivity contribution is 7.13. The summed E-state index contributed by atoms with van der Waals surface area (Å²) in [4.78, 5) is 33.3. The number of carbonyl (C=O) groups excluding carboxylic acids is 2. The van der Waals surface area contributed by atoms with Crippen LogP contribution in [0.1, 0.15) is 5.69 Å². The number of nitrogens with one attached hydrogen (secondary N) is 2. The second-order valence-corrected chi connectivity index (χ2v) is 8.36. The highest BCUT2D eigenvalue weighted by Crippen LogP contribution is 2.29. The summed E-state index contributed by atoms with van der Waals surface area (Å²) in [5.41, 5.74) is 1.18. The van der Waals surface area contributed by atoms with Crippen molar-refractivity contribution in [1.82, 2.24) is 14.8 Å². The number of likely N-dealkylation sites (N-methyl/N-ethyl adjacent to an activating group) is 1. The van der Waals surface area contributed by atoms with Crippen LogP contribution in [-0.4, -0.2) is 59.9 Å². The summed E-state index contributed by atoms with van der Waals surface area (Å²) in [6.45, 7) is 3.08. The second-order valence-electron chi connectivity index (χ2n) is 7.50. The van der Waals surface area contributed by atoms with Crippen LogP contribution in [0.3, 0.4) is 0 Å². The lowest BCUT2D eigenvalue weighted by molar-refractivity contribution is -0.115. The lowest BCUT2D eigenvalue weighted by Gasteiger charge is -2.32. The molecular weight excluding hydrogens is 426 g/mol. The Balaban J connectivity index is 1.32. The van der Waals surface area contributed by atoms with Crippen LogP contribution in [0.5, 0.6) is 11.5 Å². The molecule has 0 spiro atoms. The highest BCUT2D eigenvalue weighted by atomic mass is 32.1. The van der Waals surface area contributed by atoms with Crippen molar-refractivity contribution in [3.8, 4) is 11.5 Å². The van der Waals surface area contributed by atoms with E-state index in [9.17, 15) is 9.59 Å². The Kier molecular flexibility index (Phi) is 6.98. The SMILES string of the molecule is CN1CCN(C(=O)Nc2nc(CC(=O)Nc3ccccc3Oc3ccccc3)cs2)CC1. The normalized spacial score (nSPS) is 14.1. The lowest BCUT2D eigenvalue weighted by atomic mass is 10.2. The van der Waals surface area contributed by atoms with Crippen molar-refractivity contribution < 1.29 is 14.3 Å².